The van der Waals surface area contributed by atoms with Gasteiger partial charge in [-0.3, -0.25) is 9.69 Å². The average Bonchev–Trinajstić information content (AvgIpc) is 2.50. The van der Waals surface area contributed by atoms with Gasteiger partial charge in [-0.1, -0.05) is 6.07 Å². The largest absolute Gasteiger partial charge is 0.491 e. The number of hydrogen-bond acceptors (Lipinski definition) is 4. The summed E-state index contributed by atoms with van der Waals surface area (Å²) in [7, 11) is 1.54. The number of nitrogens with zero attached hydrogens (tertiary/aromatic N) is 1. The molecule has 0 spiro atoms. The highest BCUT2D eigenvalue weighted by molar-refractivity contribution is 5.95. The van der Waals surface area contributed by atoms with Crippen molar-refractivity contribution >= 4 is 11.6 Å². The third kappa shape index (κ3) is 2.47. The number of aliphatic hydroxyl groups excluding tert-OH is 1. The van der Waals surface area contributed by atoms with Crippen LogP contribution in [0.25, 0.3) is 0 Å². The lowest BCUT2D eigenvalue weighted by molar-refractivity contribution is -0.119. The molecule has 98 valence electrons. The van der Waals surface area contributed by atoms with Gasteiger partial charge in [-0.15, -0.1) is 0 Å². The van der Waals surface area contributed by atoms with E-state index in [1.807, 2.05) is 0 Å². The van der Waals surface area contributed by atoms with E-state index in [0.29, 0.717) is 24.5 Å². The fourth-order valence-electron chi connectivity index (χ4n) is 1.92. The SMILES string of the molecule is COCN1C(=O)CCOc2ccc(C(C)O)cc21. The molecule has 0 bridgehead atoms. The second kappa shape index (κ2) is 5.37. The first kappa shape index (κ1) is 12.9. The van der Waals surface area contributed by atoms with Crippen LogP contribution in [0.4, 0.5) is 5.69 Å². The number of methoxy groups -OCH3 is 1. The van der Waals surface area contributed by atoms with Crippen molar-refractivity contribution in [1.29, 1.82) is 0 Å². The van der Waals surface area contributed by atoms with Crippen LogP contribution in [0.1, 0.15) is 25.0 Å². The van der Waals surface area contributed by atoms with E-state index in [9.17, 15) is 9.90 Å². The zero-order chi connectivity index (χ0) is 13.1. The maximum atomic E-state index is 12.0. The van der Waals surface area contributed by atoms with E-state index >= 15 is 0 Å². The Kier molecular flexibility index (Phi) is 3.84. The summed E-state index contributed by atoms with van der Waals surface area (Å²) < 4.78 is 10.6. The molecular weight excluding hydrogens is 234 g/mol. The van der Waals surface area contributed by atoms with Crippen LogP contribution in [0.3, 0.4) is 0 Å². The summed E-state index contributed by atoms with van der Waals surface area (Å²) in [6.45, 7) is 2.22. The lowest BCUT2D eigenvalue weighted by atomic mass is 10.1. The first-order valence-electron chi connectivity index (χ1n) is 5.87. The van der Waals surface area contributed by atoms with Crippen LogP contribution in [0.5, 0.6) is 5.75 Å². The second-order valence-corrected chi connectivity index (χ2v) is 4.24. The molecule has 0 saturated heterocycles. The van der Waals surface area contributed by atoms with Gasteiger partial charge in [-0.25, -0.2) is 0 Å². The van der Waals surface area contributed by atoms with Crippen molar-refractivity contribution in [2.24, 2.45) is 0 Å². The van der Waals surface area contributed by atoms with E-state index in [1.54, 1.807) is 25.1 Å². The molecular formula is C13H17NO4. The topological polar surface area (TPSA) is 59.0 Å². The second-order valence-electron chi connectivity index (χ2n) is 4.24. The fraction of sp³-hybridized carbons (Fsp3) is 0.462. The van der Waals surface area contributed by atoms with Crippen LogP contribution in [-0.4, -0.2) is 31.5 Å². The van der Waals surface area contributed by atoms with E-state index in [-0.39, 0.29) is 12.6 Å². The average molecular weight is 251 g/mol. The lowest BCUT2D eigenvalue weighted by Gasteiger charge is -2.21. The quantitative estimate of drug-likeness (QED) is 0.883. The molecule has 1 aromatic rings. The van der Waals surface area contributed by atoms with Crippen molar-refractivity contribution in [2.45, 2.75) is 19.4 Å². The Morgan fingerprint density at radius 2 is 2.33 bits per heavy atom. The molecule has 0 fully saturated rings. The van der Waals surface area contributed by atoms with E-state index < -0.39 is 6.10 Å². The predicted molar refractivity (Wildman–Crippen MR) is 66.5 cm³/mol. The number of ether oxygens (including phenoxy) is 2. The third-order valence-corrected chi connectivity index (χ3v) is 2.89. The summed E-state index contributed by atoms with van der Waals surface area (Å²) in [6.07, 6.45) is -0.264. The standard InChI is InChI=1S/C13H17NO4/c1-9(15)10-3-4-12-11(7-10)14(8-17-2)13(16)5-6-18-12/h3-4,7,9,15H,5-6,8H2,1-2H3. The van der Waals surface area contributed by atoms with Crippen LogP contribution in [-0.2, 0) is 9.53 Å². The minimum absolute atomic E-state index is 0.0432. The van der Waals surface area contributed by atoms with Crippen molar-refractivity contribution in [3.63, 3.8) is 0 Å². The molecule has 1 aliphatic rings. The van der Waals surface area contributed by atoms with Crippen LogP contribution in [0.15, 0.2) is 18.2 Å². The van der Waals surface area contributed by atoms with Crippen molar-refractivity contribution in [3.05, 3.63) is 23.8 Å². The highest BCUT2D eigenvalue weighted by Gasteiger charge is 2.23. The molecule has 1 amide bonds. The molecule has 0 aliphatic carbocycles. The van der Waals surface area contributed by atoms with Gasteiger partial charge < -0.3 is 14.6 Å². The van der Waals surface area contributed by atoms with Crippen LogP contribution in [0.2, 0.25) is 0 Å². The van der Waals surface area contributed by atoms with E-state index in [1.165, 1.54) is 12.0 Å². The molecule has 1 heterocycles. The van der Waals surface area contributed by atoms with Crippen molar-refractivity contribution < 1.29 is 19.4 Å². The molecule has 1 aliphatic heterocycles. The van der Waals surface area contributed by atoms with Crippen LogP contribution >= 0.6 is 0 Å². The van der Waals surface area contributed by atoms with Gasteiger partial charge in [-0.05, 0) is 24.6 Å². The molecule has 5 nitrogen and oxygen atoms in total. The Balaban J connectivity index is 2.44. The summed E-state index contributed by atoms with van der Waals surface area (Å²) in [6, 6.07) is 5.34. The fourth-order valence-corrected chi connectivity index (χ4v) is 1.92. The van der Waals surface area contributed by atoms with E-state index in [0.717, 1.165) is 5.56 Å². The molecule has 5 heteroatoms. The zero-order valence-electron chi connectivity index (χ0n) is 10.5. The number of aliphatic hydroxyl groups is 1. The maximum absolute atomic E-state index is 12.0. The van der Waals surface area contributed by atoms with Gasteiger partial charge in [0.1, 0.15) is 12.5 Å². The number of anilines is 1. The molecule has 0 saturated carbocycles. The molecule has 0 aromatic heterocycles. The Bertz CT molecular complexity index is 445. The maximum Gasteiger partial charge on any atom is 0.232 e. The minimum atomic E-state index is -0.585. The van der Waals surface area contributed by atoms with Crippen LogP contribution < -0.4 is 9.64 Å². The number of hydrogen-bond donors (Lipinski definition) is 1. The Labute approximate surface area is 106 Å². The first-order valence-corrected chi connectivity index (χ1v) is 5.87. The summed E-state index contributed by atoms with van der Waals surface area (Å²) in [5.74, 6) is 0.598. The Morgan fingerprint density at radius 3 is 3.00 bits per heavy atom. The predicted octanol–water partition coefficient (Wildman–Crippen LogP) is 1.46. The number of benzene rings is 1. The number of fused-ring (bicyclic) bond motifs is 1. The molecule has 1 unspecified atom stereocenters. The van der Waals surface area contributed by atoms with Crippen LogP contribution in [0, 0.1) is 0 Å². The monoisotopic (exact) mass is 251 g/mol. The number of carbonyl (C=O) groups excluding carboxylic acids is 1. The highest BCUT2D eigenvalue weighted by Crippen LogP contribution is 2.33. The Hall–Kier alpha value is -1.59. The third-order valence-electron chi connectivity index (χ3n) is 2.89. The van der Waals surface area contributed by atoms with Gasteiger partial charge in [0, 0.05) is 7.11 Å². The first-order chi connectivity index (χ1) is 8.63. The number of amides is 1. The number of carbonyl (C=O) groups is 1. The van der Waals surface area contributed by atoms with Gasteiger partial charge in [0.25, 0.3) is 0 Å². The summed E-state index contributed by atoms with van der Waals surface area (Å²) in [5.41, 5.74) is 1.39. The zero-order valence-corrected chi connectivity index (χ0v) is 10.5. The van der Waals surface area contributed by atoms with Crippen molar-refractivity contribution in [3.8, 4) is 5.75 Å². The van der Waals surface area contributed by atoms with Crippen molar-refractivity contribution in [2.75, 3.05) is 25.3 Å². The van der Waals surface area contributed by atoms with Gasteiger partial charge >= 0.3 is 0 Å². The van der Waals surface area contributed by atoms with Gasteiger partial charge in [-0.2, -0.15) is 0 Å². The molecule has 0 radical (unpaired) electrons. The van der Waals surface area contributed by atoms with Gasteiger partial charge in [0.2, 0.25) is 5.91 Å². The Morgan fingerprint density at radius 1 is 1.56 bits per heavy atom. The van der Waals surface area contributed by atoms with E-state index in [2.05, 4.69) is 0 Å². The summed E-state index contributed by atoms with van der Waals surface area (Å²) in [5, 5.41) is 9.60. The van der Waals surface area contributed by atoms with Gasteiger partial charge in [0.15, 0.2) is 0 Å². The summed E-state index contributed by atoms with van der Waals surface area (Å²) >= 11 is 0. The minimum Gasteiger partial charge on any atom is -0.491 e. The molecule has 2 rings (SSSR count). The normalized spacial score (nSPS) is 16.8. The smallest absolute Gasteiger partial charge is 0.232 e. The molecule has 18 heavy (non-hydrogen) atoms. The van der Waals surface area contributed by atoms with E-state index in [4.69, 9.17) is 9.47 Å². The number of rotatable bonds is 3. The van der Waals surface area contributed by atoms with Crippen molar-refractivity contribution in [1.82, 2.24) is 0 Å². The summed E-state index contributed by atoms with van der Waals surface area (Å²) in [4.78, 5) is 13.5. The van der Waals surface area contributed by atoms with Gasteiger partial charge in [0.05, 0.1) is 24.8 Å². The molecule has 1 N–H and O–H groups in total. The highest BCUT2D eigenvalue weighted by atomic mass is 16.5. The molecule has 1 aromatic carbocycles. The lowest BCUT2D eigenvalue weighted by Crippen LogP contribution is -2.32. The molecule has 1 atom stereocenters.